The van der Waals surface area contributed by atoms with Crippen LogP contribution in [0, 0.1) is 11.3 Å². The summed E-state index contributed by atoms with van der Waals surface area (Å²) in [5.41, 5.74) is 2.32. The lowest BCUT2D eigenvalue weighted by Gasteiger charge is -2.01. The van der Waals surface area contributed by atoms with Crippen molar-refractivity contribution >= 4 is 28.7 Å². The average Bonchev–Trinajstić information content (AvgIpc) is 2.19. The van der Waals surface area contributed by atoms with E-state index in [4.69, 9.17) is 5.26 Å². The van der Waals surface area contributed by atoms with Gasteiger partial charge in [0.15, 0.2) is 0 Å². The largest absolute Gasteiger partial charge is 0.197 e. The monoisotopic (exact) mass is 283 g/mol. The molecule has 0 aromatic heterocycles. The summed E-state index contributed by atoms with van der Waals surface area (Å²) in [5, 5.41) is 8.62. The Labute approximate surface area is 92.2 Å². The summed E-state index contributed by atoms with van der Waals surface area (Å²) in [5.74, 6) is 0. The molecule has 0 N–H and O–H groups in total. The molecule has 0 saturated carbocycles. The van der Waals surface area contributed by atoms with Gasteiger partial charge in [0.05, 0.1) is 6.07 Å². The fraction of sp³-hybridized carbons (Fsp3) is 0.182. The highest BCUT2D eigenvalue weighted by Crippen LogP contribution is 2.11. The lowest BCUT2D eigenvalue weighted by atomic mass is 10.1. The van der Waals surface area contributed by atoms with Crippen LogP contribution in [0.3, 0.4) is 0 Å². The van der Waals surface area contributed by atoms with Gasteiger partial charge in [0.25, 0.3) is 0 Å². The molecule has 0 amide bonds. The molecule has 1 aromatic rings. The Bertz CT molecular complexity index is 321. The van der Waals surface area contributed by atoms with Crippen LogP contribution in [0.5, 0.6) is 0 Å². The van der Waals surface area contributed by atoms with Gasteiger partial charge in [-0.2, -0.15) is 5.26 Å². The number of hydrogen-bond donors (Lipinski definition) is 0. The van der Waals surface area contributed by atoms with Crippen LogP contribution in [0.4, 0.5) is 0 Å². The van der Waals surface area contributed by atoms with Gasteiger partial charge in [-0.15, -0.1) is 0 Å². The lowest BCUT2D eigenvalue weighted by molar-refractivity contribution is 1.06. The van der Waals surface area contributed by atoms with Gasteiger partial charge in [0.1, 0.15) is 3.92 Å². The number of halogens is 1. The van der Waals surface area contributed by atoms with Crippen molar-refractivity contribution in [1.82, 2.24) is 0 Å². The molecule has 0 radical (unpaired) electrons. The summed E-state index contributed by atoms with van der Waals surface area (Å²) in [4.78, 5) is 0. The van der Waals surface area contributed by atoms with Crippen molar-refractivity contribution in [2.24, 2.45) is 0 Å². The molecule has 0 spiro atoms. The Kier molecular flexibility index (Phi) is 3.97. The molecule has 1 rings (SSSR count). The number of benzene rings is 1. The van der Waals surface area contributed by atoms with E-state index in [9.17, 15) is 0 Å². The molecule has 0 heterocycles. The van der Waals surface area contributed by atoms with E-state index in [2.05, 4.69) is 35.2 Å². The van der Waals surface area contributed by atoms with Gasteiger partial charge in [-0.1, -0.05) is 59.5 Å². The number of rotatable bonds is 3. The van der Waals surface area contributed by atoms with E-state index in [1.54, 1.807) is 0 Å². The Morgan fingerprint density at radius 3 is 2.54 bits per heavy atom. The van der Waals surface area contributed by atoms with Crippen molar-refractivity contribution in [2.75, 3.05) is 0 Å². The molecular formula is C11H10IN. The van der Waals surface area contributed by atoms with E-state index in [1.165, 1.54) is 5.56 Å². The van der Waals surface area contributed by atoms with Gasteiger partial charge < -0.3 is 0 Å². The molecule has 0 aliphatic rings. The van der Waals surface area contributed by atoms with Gasteiger partial charge >= 0.3 is 0 Å². The second-order valence-corrected chi connectivity index (χ2v) is 4.25. The highest BCUT2D eigenvalue weighted by atomic mass is 127. The second kappa shape index (κ2) is 5.03. The van der Waals surface area contributed by atoms with Gasteiger partial charge in [-0.25, -0.2) is 0 Å². The molecule has 2 heteroatoms. The lowest BCUT2D eigenvalue weighted by Crippen LogP contribution is -1.98. The van der Waals surface area contributed by atoms with E-state index in [-0.39, 0.29) is 3.92 Å². The van der Waals surface area contributed by atoms with Crippen LogP contribution in [-0.2, 0) is 6.42 Å². The summed E-state index contributed by atoms with van der Waals surface area (Å²) < 4.78 is 0.0622. The van der Waals surface area contributed by atoms with E-state index < -0.39 is 0 Å². The van der Waals surface area contributed by atoms with Gasteiger partial charge in [0.2, 0.25) is 0 Å². The maximum Gasteiger partial charge on any atom is 0.102 e. The summed E-state index contributed by atoms with van der Waals surface area (Å²) in [7, 11) is 0. The zero-order valence-corrected chi connectivity index (χ0v) is 9.36. The van der Waals surface area contributed by atoms with Crippen LogP contribution in [0.1, 0.15) is 11.1 Å². The number of nitriles is 1. The van der Waals surface area contributed by atoms with Crippen LogP contribution in [0.2, 0.25) is 0 Å². The number of alkyl halides is 1. The Morgan fingerprint density at radius 2 is 2.08 bits per heavy atom. The second-order valence-electron chi connectivity index (χ2n) is 2.75. The summed E-state index contributed by atoms with van der Waals surface area (Å²) in [6.45, 7) is 3.68. The zero-order chi connectivity index (χ0) is 9.68. The molecule has 1 unspecified atom stereocenters. The SMILES string of the molecule is C=Cc1ccc(CC(I)C#N)cc1. The van der Waals surface area contributed by atoms with Crippen molar-refractivity contribution in [3.8, 4) is 6.07 Å². The fourth-order valence-electron chi connectivity index (χ4n) is 1.04. The molecular weight excluding hydrogens is 273 g/mol. The normalized spacial score (nSPS) is 11.7. The van der Waals surface area contributed by atoms with E-state index in [0.717, 1.165) is 12.0 Å². The Hall–Kier alpha value is -0.820. The highest BCUT2D eigenvalue weighted by molar-refractivity contribution is 14.1. The Morgan fingerprint density at radius 1 is 1.46 bits per heavy atom. The third kappa shape index (κ3) is 3.19. The maximum atomic E-state index is 8.62. The molecule has 0 aliphatic heterocycles. The van der Waals surface area contributed by atoms with Gasteiger partial charge in [-0.05, 0) is 17.5 Å². The summed E-state index contributed by atoms with van der Waals surface area (Å²) in [6, 6.07) is 10.3. The van der Waals surface area contributed by atoms with Crippen molar-refractivity contribution in [3.05, 3.63) is 42.0 Å². The molecule has 1 aromatic carbocycles. The molecule has 66 valence electrons. The minimum Gasteiger partial charge on any atom is -0.197 e. The molecule has 0 fully saturated rings. The number of nitrogens with zero attached hydrogens (tertiary/aromatic N) is 1. The molecule has 0 saturated heterocycles. The predicted octanol–water partition coefficient (Wildman–Crippen LogP) is 3.20. The molecule has 1 atom stereocenters. The minimum absolute atomic E-state index is 0.0622. The van der Waals surface area contributed by atoms with Crippen molar-refractivity contribution < 1.29 is 0 Å². The van der Waals surface area contributed by atoms with E-state index >= 15 is 0 Å². The van der Waals surface area contributed by atoms with Crippen molar-refractivity contribution in [1.29, 1.82) is 5.26 Å². The molecule has 0 aliphatic carbocycles. The third-order valence-electron chi connectivity index (χ3n) is 1.77. The number of hydrogen-bond acceptors (Lipinski definition) is 1. The fourth-order valence-corrected chi connectivity index (χ4v) is 1.55. The standard InChI is InChI=1S/C11H10IN/c1-2-9-3-5-10(6-4-9)7-11(12)8-13/h2-6,11H,1,7H2. The molecule has 1 nitrogen and oxygen atoms in total. The summed E-state index contributed by atoms with van der Waals surface area (Å²) in [6.07, 6.45) is 2.63. The van der Waals surface area contributed by atoms with Crippen LogP contribution in [-0.4, -0.2) is 3.92 Å². The maximum absolute atomic E-state index is 8.62. The minimum atomic E-state index is 0.0622. The third-order valence-corrected chi connectivity index (χ3v) is 2.49. The first-order chi connectivity index (χ1) is 6.26. The first-order valence-corrected chi connectivity index (χ1v) is 5.26. The zero-order valence-electron chi connectivity index (χ0n) is 7.20. The van der Waals surface area contributed by atoms with E-state index in [1.807, 2.05) is 30.3 Å². The van der Waals surface area contributed by atoms with Crippen LogP contribution < -0.4 is 0 Å². The Balaban J connectivity index is 2.70. The first kappa shape index (κ1) is 10.3. The predicted molar refractivity (Wildman–Crippen MR) is 63.7 cm³/mol. The first-order valence-electron chi connectivity index (χ1n) is 4.01. The van der Waals surface area contributed by atoms with Gasteiger partial charge in [-0.3, -0.25) is 0 Å². The van der Waals surface area contributed by atoms with Crippen molar-refractivity contribution in [3.63, 3.8) is 0 Å². The van der Waals surface area contributed by atoms with Gasteiger partial charge in [0, 0.05) is 0 Å². The van der Waals surface area contributed by atoms with Crippen LogP contribution in [0.15, 0.2) is 30.8 Å². The quantitative estimate of drug-likeness (QED) is 0.617. The molecule has 13 heavy (non-hydrogen) atoms. The highest BCUT2D eigenvalue weighted by Gasteiger charge is 2.02. The molecule has 0 bridgehead atoms. The van der Waals surface area contributed by atoms with E-state index in [0.29, 0.717) is 0 Å². The summed E-state index contributed by atoms with van der Waals surface area (Å²) >= 11 is 2.15. The van der Waals surface area contributed by atoms with Crippen LogP contribution in [0.25, 0.3) is 6.08 Å². The van der Waals surface area contributed by atoms with Crippen molar-refractivity contribution in [2.45, 2.75) is 10.3 Å². The average molecular weight is 283 g/mol. The smallest absolute Gasteiger partial charge is 0.102 e. The van der Waals surface area contributed by atoms with Crippen LogP contribution >= 0.6 is 22.6 Å². The topological polar surface area (TPSA) is 23.8 Å².